The van der Waals surface area contributed by atoms with Crippen LogP contribution < -0.4 is 6.15 Å². The molecule has 0 bridgehead atoms. The van der Waals surface area contributed by atoms with Gasteiger partial charge in [0.2, 0.25) is 0 Å². The quantitative estimate of drug-likeness (QED) is 0.923. The molecule has 3 nitrogen and oxygen atoms in total. The van der Waals surface area contributed by atoms with E-state index in [9.17, 15) is 0 Å². The topological polar surface area (TPSA) is 53.5 Å². The molecule has 1 aromatic carbocycles. The van der Waals surface area contributed by atoms with E-state index >= 15 is 0 Å². The van der Waals surface area contributed by atoms with Gasteiger partial charge in [-0.1, -0.05) is 23.7 Å². The van der Waals surface area contributed by atoms with Crippen LogP contribution in [-0.4, -0.2) is 13.2 Å². The third kappa shape index (κ3) is 3.55. The predicted octanol–water partition coefficient (Wildman–Crippen LogP) is 4.20. The highest BCUT2D eigenvalue weighted by molar-refractivity contribution is 7.10. The number of halogens is 1. The first-order valence-corrected chi connectivity index (χ1v) is 7.12. The average molecular weight is 298 g/mol. The molecule has 0 amide bonds. The highest BCUT2D eigenvalue weighted by Crippen LogP contribution is 2.29. The molecule has 19 heavy (non-hydrogen) atoms. The van der Waals surface area contributed by atoms with Crippen LogP contribution >= 0.6 is 22.9 Å². The van der Waals surface area contributed by atoms with Gasteiger partial charge in [0.15, 0.2) is 6.29 Å². The minimum Gasteiger partial charge on any atom is -0.345 e. The molecule has 1 aliphatic rings. The van der Waals surface area contributed by atoms with Crippen LogP contribution in [0, 0.1) is 0 Å². The largest absolute Gasteiger partial charge is 0.345 e. The molecule has 1 fully saturated rings. The minimum atomic E-state index is -0.164. The molecule has 0 aliphatic carbocycles. The van der Waals surface area contributed by atoms with Crippen LogP contribution in [0.3, 0.4) is 0 Å². The molecule has 1 saturated heterocycles. The van der Waals surface area contributed by atoms with Crippen molar-refractivity contribution in [1.82, 2.24) is 6.15 Å². The Kier molecular flexibility index (Phi) is 4.96. The minimum absolute atomic E-state index is 0. The zero-order valence-corrected chi connectivity index (χ0v) is 12.0. The van der Waals surface area contributed by atoms with E-state index in [1.807, 2.05) is 18.2 Å². The van der Waals surface area contributed by atoms with Crippen LogP contribution in [-0.2, 0) is 15.9 Å². The van der Waals surface area contributed by atoms with Gasteiger partial charge < -0.3 is 15.6 Å². The molecule has 5 heteroatoms. The van der Waals surface area contributed by atoms with Gasteiger partial charge in [-0.15, -0.1) is 11.3 Å². The molecule has 0 atom stereocenters. The summed E-state index contributed by atoms with van der Waals surface area (Å²) in [6.07, 6.45) is 0.729. The zero-order chi connectivity index (χ0) is 12.4. The summed E-state index contributed by atoms with van der Waals surface area (Å²) in [5.41, 5.74) is 2.50. The summed E-state index contributed by atoms with van der Waals surface area (Å²) < 4.78 is 11.0. The maximum Gasteiger partial charge on any atom is 0.193 e. The standard InChI is InChI=1S/C14H13ClO2S.H3N/c15-12-3-1-2-10(7-12)6-11-8-13(18-9-11)14-16-4-5-17-14;/h1-3,7-9,14H,4-6H2;1H3. The Bertz CT molecular complexity index is 538. The molecule has 0 unspecified atom stereocenters. The summed E-state index contributed by atoms with van der Waals surface area (Å²) in [4.78, 5) is 1.14. The van der Waals surface area contributed by atoms with E-state index in [4.69, 9.17) is 21.1 Å². The third-order valence-corrected chi connectivity index (χ3v) is 4.06. The first kappa shape index (κ1) is 14.5. The van der Waals surface area contributed by atoms with E-state index in [-0.39, 0.29) is 12.4 Å². The van der Waals surface area contributed by atoms with Crippen LogP contribution in [0.2, 0.25) is 5.02 Å². The predicted molar refractivity (Wildman–Crippen MR) is 78.2 cm³/mol. The van der Waals surface area contributed by atoms with Crippen molar-refractivity contribution in [3.63, 3.8) is 0 Å². The van der Waals surface area contributed by atoms with E-state index in [1.54, 1.807) is 11.3 Å². The Labute approximate surface area is 121 Å². The van der Waals surface area contributed by atoms with E-state index in [1.165, 1.54) is 11.1 Å². The normalized spacial score (nSPS) is 15.4. The Morgan fingerprint density at radius 1 is 1.16 bits per heavy atom. The van der Waals surface area contributed by atoms with Crippen LogP contribution in [0.15, 0.2) is 35.7 Å². The van der Waals surface area contributed by atoms with E-state index < -0.39 is 0 Å². The first-order valence-electron chi connectivity index (χ1n) is 5.86. The van der Waals surface area contributed by atoms with Crippen LogP contribution in [0.4, 0.5) is 0 Å². The highest BCUT2D eigenvalue weighted by Gasteiger charge is 2.19. The fourth-order valence-electron chi connectivity index (χ4n) is 2.02. The lowest BCUT2D eigenvalue weighted by atomic mass is 10.1. The molecule has 0 spiro atoms. The van der Waals surface area contributed by atoms with Gasteiger partial charge in [-0.25, -0.2) is 0 Å². The summed E-state index contributed by atoms with van der Waals surface area (Å²) in [5, 5.41) is 2.94. The molecule has 1 aromatic heterocycles. The molecule has 1 aliphatic heterocycles. The lowest BCUT2D eigenvalue weighted by molar-refractivity contribution is -0.0413. The average Bonchev–Trinajstić information content (AvgIpc) is 2.98. The van der Waals surface area contributed by atoms with Crippen LogP contribution in [0.25, 0.3) is 0 Å². The smallest absolute Gasteiger partial charge is 0.193 e. The van der Waals surface area contributed by atoms with E-state index in [0.29, 0.717) is 13.2 Å². The molecule has 3 rings (SSSR count). The number of rotatable bonds is 3. The summed E-state index contributed by atoms with van der Waals surface area (Å²) in [6.45, 7) is 1.37. The second-order valence-corrected chi connectivity index (χ2v) is 5.62. The molecule has 2 aromatic rings. The van der Waals surface area contributed by atoms with Gasteiger partial charge in [-0.2, -0.15) is 0 Å². The van der Waals surface area contributed by atoms with Crippen molar-refractivity contribution < 1.29 is 9.47 Å². The summed E-state index contributed by atoms with van der Waals surface area (Å²) in [7, 11) is 0. The maximum atomic E-state index is 5.98. The fourth-order valence-corrected chi connectivity index (χ4v) is 3.13. The van der Waals surface area contributed by atoms with Gasteiger partial charge in [-0.05, 0) is 41.1 Å². The highest BCUT2D eigenvalue weighted by atomic mass is 35.5. The molecule has 102 valence electrons. The van der Waals surface area contributed by atoms with E-state index in [2.05, 4.69) is 17.5 Å². The molecule has 2 heterocycles. The maximum absolute atomic E-state index is 5.98. The third-order valence-electron chi connectivity index (χ3n) is 2.83. The SMILES string of the molecule is Clc1cccc(Cc2csc(C3OCCO3)c2)c1.N. The van der Waals surface area contributed by atoms with Crippen LogP contribution in [0.5, 0.6) is 0 Å². The van der Waals surface area contributed by atoms with Crippen molar-refractivity contribution in [2.45, 2.75) is 12.7 Å². The summed E-state index contributed by atoms with van der Waals surface area (Å²) in [6, 6.07) is 10.1. The first-order chi connectivity index (χ1) is 8.81. The van der Waals surface area contributed by atoms with Gasteiger partial charge in [0.1, 0.15) is 0 Å². The van der Waals surface area contributed by atoms with Crippen LogP contribution in [0.1, 0.15) is 22.3 Å². The van der Waals surface area contributed by atoms with Gasteiger partial charge in [0.25, 0.3) is 0 Å². The molecule has 0 radical (unpaired) electrons. The van der Waals surface area contributed by atoms with Gasteiger partial charge >= 0.3 is 0 Å². The van der Waals surface area contributed by atoms with Gasteiger partial charge in [0, 0.05) is 5.02 Å². The molecule has 0 saturated carbocycles. The van der Waals surface area contributed by atoms with Crippen molar-refractivity contribution in [1.29, 1.82) is 0 Å². The number of benzene rings is 1. The van der Waals surface area contributed by atoms with Crippen molar-refractivity contribution in [2.24, 2.45) is 0 Å². The van der Waals surface area contributed by atoms with Gasteiger partial charge in [-0.3, -0.25) is 0 Å². The monoisotopic (exact) mass is 297 g/mol. The van der Waals surface area contributed by atoms with E-state index in [0.717, 1.165) is 16.3 Å². The number of thiophene rings is 1. The molecular formula is C14H16ClNO2S. The number of hydrogen-bond donors (Lipinski definition) is 1. The molecular weight excluding hydrogens is 282 g/mol. The number of ether oxygens (including phenoxy) is 2. The Morgan fingerprint density at radius 3 is 2.68 bits per heavy atom. The number of hydrogen-bond acceptors (Lipinski definition) is 4. The second kappa shape index (κ2) is 6.50. The van der Waals surface area contributed by atoms with Crippen molar-refractivity contribution in [2.75, 3.05) is 13.2 Å². The second-order valence-electron chi connectivity index (χ2n) is 4.24. The fraction of sp³-hybridized carbons (Fsp3) is 0.286. The Balaban J connectivity index is 0.00000133. The Morgan fingerprint density at radius 2 is 1.95 bits per heavy atom. The Hall–Kier alpha value is -0.910. The lowest BCUT2D eigenvalue weighted by Gasteiger charge is -2.04. The summed E-state index contributed by atoms with van der Waals surface area (Å²) in [5.74, 6) is 0. The zero-order valence-electron chi connectivity index (χ0n) is 10.5. The van der Waals surface area contributed by atoms with Gasteiger partial charge in [0.05, 0.1) is 18.1 Å². The molecule has 3 N–H and O–H groups in total. The van der Waals surface area contributed by atoms with Crippen molar-refractivity contribution in [3.05, 3.63) is 56.7 Å². The van der Waals surface area contributed by atoms with Crippen molar-refractivity contribution in [3.8, 4) is 0 Å². The summed E-state index contributed by atoms with van der Waals surface area (Å²) >= 11 is 7.67. The van der Waals surface area contributed by atoms with Crippen molar-refractivity contribution >= 4 is 22.9 Å². The lowest BCUT2D eigenvalue weighted by Crippen LogP contribution is -1.94.